The maximum absolute atomic E-state index is 12.9. The van der Waals surface area contributed by atoms with Crippen molar-refractivity contribution in [2.45, 2.75) is 14.7 Å². The molecule has 0 saturated carbocycles. The first-order valence-corrected chi connectivity index (χ1v) is 18.7. The number of phenolic OH excluding ortho intramolecular Hbond substituents is 1. The second-order valence-electron chi connectivity index (χ2n) is 9.51. The van der Waals surface area contributed by atoms with E-state index in [0.29, 0.717) is 6.07 Å². The van der Waals surface area contributed by atoms with Crippen molar-refractivity contribution in [3.8, 4) is 11.5 Å². The minimum Gasteiger partial charge on any atom is -0.505 e. The molecule has 5 N–H and O–H groups in total. The second kappa shape index (κ2) is 13.5. The van der Waals surface area contributed by atoms with E-state index in [1.54, 1.807) is 6.07 Å². The van der Waals surface area contributed by atoms with Gasteiger partial charge in [0.2, 0.25) is 0 Å². The molecule has 4 aromatic rings. The number of phenols is 1. The number of nitrogens with zero attached hydrogens (tertiary/aromatic N) is 2. The summed E-state index contributed by atoms with van der Waals surface area (Å²) in [7, 11) is -18.4. The first-order valence-electron chi connectivity index (χ1n) is 12.8. The Balaban J connectivity index is 1.90. The van der Waals surface area contributed by atoms with Crippen LogP contribution in [0.2, 0.25) is 0 Å². The highest BCUT2D eigenvalue weighted by Gasteiger charge is 2.27. The van der Waals surface area contributed by atoms with Gasteiger partial charge in [-0.3, -0.25) is 18.5 Å². The number of carbonyl (C=O) groups is 1. The van der Waals surface area contributed by atoms with Crippen molar-refractivity contribution in [1.29, 1.82) is 0 Å². The fourth-order valence-electron chi connectivity index (χ4n) is 4.22. The predicted molar refractivity (Wildman–Crippen MR) is 166 cm³/mol. The van der Waals surface area contributed by atoms with Gasteiger partial charge in [-0.05, 0) is 53.9 Å². The topological polar surface area (TPSA) is 290 Å². The number of aromatic hydroxyl groups is 1. The van der Waals surface area contributed by atoms with E-state index in [4.69, 9.17) is 9.29 Å². The second-order valence-corrected chi connectivity index (χ2v) is 15.5. The number of hydrogen-bond donors (Lipinski definition) is 5. The van der Waals surface area contributed by atoms with Gasteiger partial charge in [0, 0.05) is 10.9 Å². The van der Waals surface area contributed by atoms with E-state index in [0.717, 1.165) is 37.4 Å². The molecule has 0 radical (unpaired) electrons. The molecular formula is C26H23N3O15S4. The Hall–Kier alpha value is -4.55. The molecule has 0 unspecified atom stereocenters. The fourth-order valence-corrected chi connectivity index (χ4v) is 7.10. The van der Waals surface area contributed by atoms with Crippen molar-refractivity contribution in [3.05, 3.63) is 72.3 Å². The molecule has 0 aliphatic rings. The number of methoxy groups -OCH3 is 1. The van der Waals surface area contributed by atoms with E-state index >= 15 is 0 Å². The average molecular weight is 746 g/mol. The normalized spacial score (nSPS) is 12.8. The highest BCUT2D eigenvalue weighted by atomic mass is 32.3. The fraction of sp³-hybridized carbons (Fsp3) is 0.115. The van der Waals surface area contributed by atoms with Crippen LogP contribution in [0, 0.1) is 0 Å². The Morgan fingerprint density at radius 3 is 2.06 bits per heavy atom. The van der Waals surface area contributed by atoms with E-state index < -0.39 is 101 Å². The van der Waals surface area contributed by atoms with Gasteiger partial charge in [0.15, 0.2) is 15.6 Å². The number of sulfone groups is 1. The maximum Gasteiger partial charge on any atom is 0.397 e. The lowest BCUT2D eigenvalue weighted by molar-refractivity contribution is 0.102. The number of benzene rings is 4. The van der Waals surface area contributed by atoms with Gasteiger partial charge in [-0.15, -0.1) is 5.11 Å². The quantitative estimate of drug-likeness (QED) is 0.103. The molecule has 0 heterocycles. The molecule has 4 aromatic carbocycles. The Labute approximate surface area is 273 Å². The lowest BCUT2D eigenvalue weighted by Crippen LogP contribution is -2.16. The third kappa shape index (κ3) is 8.48. The Kier molecular flexibility index (Phi) is 10.2. The largest absolute Gasteiger partial charge is 0.505 e. The van der Waals surface area contributed by atoms with Crippen LogP contribution in [0.5, 0.6) is 11.5 Å². The Morgan fingerprint density at radius 1 is 0.812 bits per heavy atom. The van der Waals surface area contributed by atoms with Crippen molar-refractivity contribution in [1.82, 2.24) is 0 Å². The first-order chi connectivity index (χ1) is 22.2. The number of anilines is 1. The van der Waals surface area contributed by atoms with Gasteiger partial charge in [-0.2, -0.15) is 30.4 Å². The highest BCUT2D eigenvalue weighted by molar-refractivity contribution is 7.91. The monoisotopic (exact) mass is 745 g/mol. The minimum atomic E-state index is -5.26. The summed E-state index contributed by atoms with van der Waals surface area (Å²) in [6.07, 6.45) is 0. The molecule has 0 aliphatic heterocycles. The van der Waals surface area contributed by atoms with E-state index in [9.17, 15) is 52.7 Å². The molecule has 0 saturated heterocycles. The first kappa shape index (κ1) is 36.3. The van der Waals surface area contributed by atoms with Gasteiger partial charge in [0.1, 0.15) is 21.2 Å². The molecular weight excluding hydrogens is 723 g/mol. The van der Waals surface area contributed by atoms with Crippen LogP contribution in [0.1, 0.15) is 10.4 Å². The summed E-state index contributed by atoms with van der Waals surface area (Å²) in [6.45, 7) is -0.971. The molecule has 0 atom stereocenters. The molecule has 4 rings (SSSR count). The summed E-state index contributed by atoms with van der Waals surface area (Å²) < 4.78 is 134. The number of azo groups is 1. The number of rotatable bonds is 12. The number of hydrogen-bond acceptors (Lipinski definition) is 14. The summed E-state index contributed by atoms with van der Waals surface area (Å²) in [5, 5.41) is 20.3. The van der Waals surface area contributed by atoms with E-state index in [1.807, 2.05) is 0 Å². The van der Waals surface area contributed by atoms with Crippen LogP contribution >= 0.6 is 0 Å². The van der Waals surface area contributed by atoms with Crippen molar-refractivity contribution in [2.24, 2.45) is 10.2 Å². The molecule has 0 aromatic heterocycles. The van der Waals surface area contributed by atoms with Crippen LogP contribution in [-0.4, -0.2) is 77.8 Å². The van der Waals surface area contributed by atoms with Crippen LogP contribution in [0.15, 0.2) is 91.6 Å². The maximum atomic E-state index is 12.9. The number of amides is 1. The Bertz CT molecular complexity index is 2400. The average Bonchev–Trinajstić information content (AvgIpc) is 2.98. The summed E-state index contributed by atoms with van der Waals surface area (Å²) >= 11 is 0. The third-order valence-electron chi connectivity index (χ3n) is 6.32. The third-order valence-corrected chi connectivity index (χ3v) is 10.2. The van der Waals surface area contributed by atoms with Gasteiger partial charge in [0.25, 0.3) is 26.1 Å². The summed E-state index contributed by atoms with van der Waals surface area (Å²) in [5.74, 6) is -3.04. The Morgan fingerprint density at radius 2 is 1.48 bits per heavy atom. The summed E-state index contributed by atoms with van der Waals surface area (Å²) in [5.41, 5.74) is -1.58. The SMILES string of the molecule is COc1ccc(/N=N/c2c(S(=O)(=O)O)cc3cc(S(=O)(=O)O)cc(NC(=O)c4ccccc4)c3c2O)cc1S(=O)(=O)CCOS(=O)(=O)O. The van der Waals surface area contributed by atoms with Crippen LogP contribution in [0.4, 0.5) is 17.1 Å². The van der Waals surface area contributed by atoms with Gasteiger partial charge >= 0.3 is 10.4 Å². The van der Waals surface area contributed by atoms with Gasteiger partial charge in [-0.25, -0.2) is 12.6 Å². The lowest BCUT2D eigenvalue weighted by Gasteiger charge is -2.15. The van der Waals surface area contributed by atoms with E-state index in [1.165, 1.54) is 24.3 Å². The number of ether oxygens (including phenoxy) is 1. The molecule has 0 bridgehead atoms. The van der Waals surface area contributed by atoms with Crippen molar-refractivity contribution >= 4 is 74.2 Å². The predicted octanol–water partition coefficient (Wildman–Crippen LogP) is 3.31. The minimum absolute atomic E-state index is 0.0895. The zero-order valence-corrected chi connectivity index (χ0v) is 27.3. The molecule has 256 valence electrons. The number of carbonyl (C=O) groups excluding carboxylic acids is 1. The van der Waals surface area contributed by atoms with Crippen molar-refractivity contribution in [2.75, 3.05) is 24.8 Å². The summed E-state index contributed by atoms with van der Waals surface area (Å²) in [6, 6.07) is 12.9. The molecule has 0 spiro atoms. The highest BCUT2D eigenvalue weighted by Crippen LogP contribution is 2.45. The zero-order valence-electron chi connectivity index (χ0n) is 24.1. The smallest absolute Gasteiger partial charge is 0.397 e. The van der Waals surface area contributed by atoms with Crippen LogP contribution < -0.4 is 10.1 Å². The van der Waals surface area contributed by atoms with Gasteiger partial charge < -0.3 is 15.2 Å². The van der Waals surface area contributed by atoms with Crippen molar-refractivity contribution in [3.63, 3.8) is 0 Å². The van der Waals surface area contributed by atoms with Crippen LogP contribution in [0.3, 0.4) is 0 Å². The van der Waals surface area contributed by atoms with Crippen LogP contribution in [0.25, 0.3) is 10.8 Å². The van der Waals surface area contributed by atoms with Crippen molar-refractivity contribution < 1.29 is 66.2 Å². The van der Waals surface area contributed by atoms with Crippen LogP contribution in [-0.2, 0) is 44.7 Å². The number of fused-ring (bicyclic) bond motifs is 1. The number of nitrogens with one attached hydrogen (secondary N) is 1. The lowest BCUT2D eigenvalue weighted by atomic mass is 10.1. The molecule has 48 heavy (non-hydrogen) atoms. The molecule has 18 nitrogen and oxygen atoms in total. The van der Waals surface area contributed by atoms with E-state index in [2.05, 4.69) is 19.7 Å². The van der Waals surface area contributed by atoms with Gasteiger partial charge in [0.05, 0.1) is 35.7 Å². The molecule has 0 aliphatic carbocycles. The standard InChI is InChI=1S/C26H23N3O15S4/c1-43-20-8-7-17(13-21(20)45(32,33)10-9-44-48(40,41)42)28-29-24-22(47(37,38)39)12-16-11-18(46(34,35)36)14-19(23(16)25(24)30)27-26(31)15-5-3-2-4-6-15/h2-8,11-14,30H,9-10H2,1H3,(H,27,31)(H,34,35,36)(H,37,38,39)(H,40,41,42)/b29-28+. The van der Waals surface area contributed by atoms with E-state index in [-0.39, 0.29) is 17.0 Å². The molecule has 0 fully saturated rings. The van der Waals surface area contributed by atoms with Gasteiger partial charge in [-0.1, -0.05) is 18.2 Å². The zero-order chi connectivity index (χ0) is 35.7. The molecule has 22 heteroatoms. The molecule has 1 amide bonds. The summed E-state index contributed by atoms with van der Waals surface area (Å²) in [4.78, 5) is 10.5.